The second-order valence-electron chi connectivity index (χ2n) is 3.68. The molecule has 5 heteroatoms. The van der Waals surface area contributed by atoms with Gasteiger partial charge in [-0.3, -0.25) is 9.78 Å². The van der Waals surface area contributed by atoms with E-state index in [2.05, 4.69) is 10.3 Å². The minimum absolute atomic E-state index is 0.135. The zero-order chi connectivity index (χ0) is 13.5. The molecule has 2 aromatic rings. The molecule has 0 radical (unpaired) electrons. The third-order valence-corrected chi connectivity index (χ3v) is 3.35. The molecule has 1 amide bonds. The number of carbonyl (C=O) groups is 1. The summed E-state index contributed by atoms with van der Waals surface area (Å²) >= 11 is 1.43. The fourth-order valence-corrected chi connectivity index (χ4v) is 2.14. The van der Waals surface area contributed by atoms with Gasteiger partial charge in [-0.15, -0.1) is 11.8 Å². The van der Waals surface area contributed by atoms with Gasteiger partial charge in [0, 0.05) is 17.3 Å². The number of nitriles is 1. The average Bonchev–Trinajstić information content (AvgIpc) is 2.47. The number of para-hydroxylation sites is 1. The lowest BCUT2D eigenvalue weighted by Gasteiger charge is -2.06. The number of pyridine rings is 1. The molecule has 0 unspecified atom stereocenters. The normalized spacial score (nSPS) is 9.63. The Morgan fingerprint density at radius 1 is 1.26 bits per heavy atom. The van der Waals surface area contributed by atoms with E-state index in [4.69, 9.17) is 5.26 Å². The topological polar surface area (TPSA) is 65.8 Å². The van der Waals surface area contributed by atoms with E-state index in [1.54, 1.807) is 36.7 Å². The molecule has 0 bridgehead atoms. The van der Waals surface area contributed by atoms with Crippen molar-refractivity contribution in [1.82, 2.24) is 4.98 Å². The molecule has 0 aliphatic heterocycles. The molecule has 1 N–H and O–H groups in total. The quantitative estimate of drug-likeness (QED) is 0.867. The largest absolute Gasteiger partial charge is 0.324 e. The summed E-state index contributed by atoms with van der Waals surface area (Å²) in [6, 6.07) is 12.7. The van der Waals surface area contributed by atoms with Crippen LogP contribution in [0.2, 0.25) is 0 Å². The number of hydrogen-bond acceptors (Lipinski definition) is 4. The number of hydrogen-bond donors (Lipinski definition) is 1. The van der Waals surface area contributed by atoms with E-state index in [1.165, 1.54) is 11.8 Å². The van der Waals surface area contributed by atoms with Gasteiger partial charge in [0.2, 0.25) is 5.91 Å². The van der Waals surface area contributed by atoms with Crippen molar-refractivity contribution >= 4 is 23.4 Å². The number of thioether (sulfide) groups is 1. The Labute approximate surface area is 115 Å². The van der Waals surface area contributed by atoms with Crippen LogP contribution in [-0.4, -0.2) is 16.6 Å². The maximum absolute atomic E-state index is 11.8. The van der Waals surface area contributed by atoms with Crippen LogP contribution < -0.4 is 5.32 Å². The highest BCUT2D eigenvalue weighted by molar-refractivity contribution is 8.00. The Hall–Kier alpha value is -2.32. The summed E-state index contributed by atoms with van der Waals surface area (Å²) in [5.41, 5.74) is 1.01. The summed E-state index contributed by atoms with van der Waals surface area (Å²) in [4.78, 5) is 16.7. The van der Waals surface area contributed by atoms with E-state index in [0.717, 1.165) is 4.90 Å². The van der Waals surface area contributed by atoms with E-state index in [-0.39, 0.29) is 5.91 Å². The van der Waals surface area contributed by atoms with Crippen LogP contribution in [0.1, 0.15) is 5.56 Å². The van der Waals surface area contributed by atoms with Gasteiger partial charge in [0.15, 0.2) is 0 Å². The number of aromatic nitrogens is 1. The van der Waals surface area contributed by atoms with Crippen molar-refractivity contribution in [3.63, 3.8) is 0 Å². The molecule has 0 saturated carbocycles. The lowest BCUT2D eigenvalue weighted by molar-refractivity contribution is -0.113. The summed E-state index contributed by atoms with van der Waals surface area (Å²) in [5.74, 6) is 0.161. The second kappa shape index (κ2) is 6.57. The monoisotopic (exact) mass is 269 g/mol. The minimum Gasteiger partial charge on any atom is -0.324 e. The first-order valence-electron chi connectivity index (χ1n) is 5.61. The van der Waals surface area contributed by atoms with Crippen molar-refractivity contribution in [2.45, 2.75) is 4.90 Å². The molecule has 0 spiro atoms. The van der Waals surface area contributed by atoms with E-state index in [1.807, 2.05) is 18.2 Å². The molecule has 1 aromatic heterocycles. The van der Waals surface area contributed by atoms with Crippen molar-refractivity contribution in [2.75, 3.05) is 11.1 Å². The van der Waals surface area contributed by atoms with Gasteiger partial charge in [-0.25, -0.2) is 0 Å². The third kappa shape index (κ3) is 3.83. The second-order valence-corrected chi connectivity index (χ2v) is 4.73. The maximum Gasteiger partial charge on any atom is 0.234 e. The smallest absolute Gasteiger partial charge is 0.234 e. The van der Waals surface area contributed by atoms with Crippen molar-refractivity contribution in [1.29, 1.82) is 5.26 Å². The van der Waals surface area contributed by atoms with Crippen LogP contribution in [0.15, 0.2) is 53.7 Å². The van der Waals surface area contributed by atoms with E-state index in [9.17, 15) is 4.79 Å². The molecule has 2 rings (SSSR count). The predicted molar refractivity (Wildman–Crippen MR) is 74.7 cm³/mol. The summed E-state index contributed by atoms with van der Waals surface area (Å²) in [6.07, 6.45) is 3.37. The number of anilines is 1. The molecular formula is C14H11N3OS. The Morgan fingerprint density at radius 3 is 2.74 bits per heavy atom. The lowest BCUT2D eigenvalue weighted by Crippen LogP contribution is -2.14. The molecule has 0 atom stereocenters. The number of amides is 1. The molecule has 0 aliphatic carbocycles. The Morgan fingerprint density at radius 2 is 2.00 bits per heavy atom. The molecule has 19 heavy (non-hydrogen) atoms. The van der Waals surface area contributed by atoms with Crippen LogP contribution in [0, 0.1) is 11.3 Å². The van der Waals surface area contributed by atoms with Crippen LogP contribution in [0.4, 0.5) is 5.69 Å². The molecule has 94 valence electrons. The van der Waals surface area contributed by atoms with Gasteiger partial charge in [0.25, 0.3) is 0 Å². The highest BCUT2D eigenvalue weighted by atomic mass is 32.2. The van der Waals surface area contributed by atoms with E-state index >= 15 is 0 Å². The number of benzene rings is 1. The number of rotatable bonds is 4. The van der Waals surface area contributed by atoms with Crippen LogP contribution in [0.3, 0.4) is 0 Å². The summed E-state index contributed by atoms with van der Waals surface area (Å²) < 4.78 is 0. The summed E-state index contributed by atoms with van der Waals surface area (Å²) in [5, 5.41) is 11.7. The van der Waals surface area contributed by atoms with Crippen LogP contribution >= 0.6 is 11.8 Å². The van der Waals surface area contributed by atoms with Gasteiger partial charge in [-0.2, -0.15) is 5.26 Å². The first-order valence-corrected chi connectivity index (χ1v) is 6.60. The number of carbonyl (C=O) groups excluding carboxylic acids is 1. The summed E-state index contributed by atoms with van der Waals surface area (Å²) in [7, 11) is 0. The van der Waals surface area contributed by atoms with Gasteiger partial charge in [0.1, 0.15) is 6.07 Å². The SMILES string of the molecule is N#Cc1ccccc1NC(=O)CSc1ccncc1. The minimum atomic E-state index is -0.135. The molecule has 1 heterocycles. The fraction of sp³-hybridized carbons (Fsp3) is 0.0714. The molecule has 0 aliphatic rings. The molecular weight excluding hydrogens is 258 g/mol. The van der Waals surface area contributed by atoms with Gasteiger partial charge in [0.05, 0.1) is 17.0 Å². The molecule has 1 aromatic carbocycles. The Balaban J connectivity index is 1.93. The third-order valence-electron chi connectivity index (χ3n) is 2.34. The Kier molecular flexibility index (Phi) is 4.54. The first-order chi connectivity index (χ1) is 9.29. The molecule has 0 fully saturated rings. The fourth-order valence-electron chi connectivity index (χ4n) is 1.46. The molecule has 4 nitrogen and oxygen atoms in total. The van der Waals surface area contributed by atoms with Gasteiger partial charge in [-0.1, -0.05) is 12.1 Å². The van der Waals surface area contributed by atoms with Gasteiger partial charge >= 0.3 is 0 Å². The average molecular weight is 269 g/mol. The summed E-state index contributed by atoms with van der Waals surface area (Å²) in [6.45, 7) is 0. The van der Waals surface area contributed by atoms with Crippen molar-refractivity contribution in [3.05, 3.63) is 54.4 Å². The maximum atomic E-state index is 11.8. The highest BCUT2D eigenvalue weighted by Gasteiger charge is 2.06. The molecule has 0 saturated heterocycles. The first kappa shape index (κ1) is 13.1. The predicted octanol–water partition coefficient (Wildman–Crippen LogP) is 2.68. The van der Waals surface area contributed by atoms with Crippen LogP contribution in [-0.2, 0) is 4.79 Å². The Bertz CT molecular complexity index is 608. The van der Waals surface area contributed by atoms with Crippen molar-refractivity contribution < 1.29 is 4.79 Å². The zero-order valence-corrected chi connectivity index (χ0v) is 10.9. The number of nitrogens with one attached hydrogen (secondary N) is 1. The van der Waals surface area contributed by atoms with E-state index < -0.39 is 0 Å². The van der Waals surface area contributed by atoms with E-state index in [0.29, 0.717) is 17.0 Å². The van der Waals surface area contributed by atoms with Crippen molar-refractivity contribution in [3.8, 4) is 6.07 Å². The van der Waals surface area contributed by atoms with Gasteiger partial charge in [-0.05, 0) is 24.3 Å². The standard InChI is InChI=1S/C14H11N3OS/c15-9-11-3-1-2-4-13(11)17-14(18)10-19-12-5-7-16-8-6-12/h1-8H,10H2,(H,17,18). The lowest BCUT2D eigenvalue weighted by atomic mass is 10.2. The number of nitrogens with zero attached hydrogens (tertiary/aromatic N) is 2. The van der Waals surface area contributed by atoms with Gasteiger partial charge < -0.3 is 5.32 Å². The van der Waals surface area contributed by atoms with Crippen LogP contribution in [0.25, 0.3) is 0 Å². The zero-order valence-electron chi connectivity index (χ0n) is 10.0. The van der Waals surface area contributed by atoms with Crippen LogP contribution in [0.5, 0.6) is 0 Å². The van der Waals surface area contributed by atoms with Crippen molar-refractivity contribution in [2.24, 2.45) is 0 Å². The highest BCUT2D eigenvalue weighted by Crippen LogP contribution is 2.18.